The highest BCUT2D eigenvalue weighted by atomic mass is 35.5. The molecule has 0 aliphatic rings. The van der Waals surface area contributed by atoms with E-state index in [4.69, 9.17) is 11.6 Å². The van der Waals surface area contributed by atoms with Crippen molar-refractivity contribution in [2.45, 2.75) is 13.0 Å². The lowest BCUT2D eigenvalue weighted by Crippen LogP contribution is -2.38. The molecule has 0 radical (unpaired) electrons. The van der Waals surface area contributed by atoms with Crippen LogP contribution in [-0.2, 0) is 4.79 Å². The van der Waals surface area contributed by atoms with E-state index in [-0.39, 0.29) is 24.4 Å². The molecule has 0 aliphatic carbocycles. The lowest BCUT2D eigenvalue weighted by Gasteiger charge is -2.14. The molecule has 5 nitrogen and oxygen atoms in total. The molecule has 1 aromatic heterocycles. The van der Waals surface area contributed by atoms with Crippen LogP contribution in [-0.4, -0.2) is 23.3 Å². The molecule has 0 bridgehead atoms. The first-order valence-corrected chi connectivity index (χ1v) is 7.17. The third kappa shape index (κ3) is 4.30. The minimum atomic E-state index is -0.377. The van der Waals surface area contributed by atoms with Gasteiger partial charge in [-0.15, -0.1) is 0 Å². The number of benzene rings is 1. The van der Waals surface area contributed by atoms with E-state index in [0.717, 1.165) is 5.56 Å². The van der Waals surface area contributed by atoms with Gasteiger partial charge in [-0.25, -0.2) is 0 Å². The Labute approximate surface area is 133 Å². The maximum Gasteiger partial charge on any atom is 0.253 e. The van der Waals surface area contributed by atoms with Crippen LogP contribution in [0, 0.1) is 0 Å². The van der Waals surface area contributed by atoms with Gasteiger partial charge in [0.15, 0.2) is 0 Å². The number of hydrogen-bond acceptors (Lipinski definition) is 3. The number of carbonyl (C=O) groups excluding carboxylic acids is 2. The van der Waals surface area contributed by atoms with E-state index in [9.17, 15) is 9.59 Å². The van der Waals surface area contributed by atoms with Crippen molar-refractivity contribution in [2.75, 3.05) is 6.54 Å². The van der Waals surface area contributed by atoms with Crippen molar-refractivity contribution in [3.8, 4) is 0 Å². The Morgan fingerprint density at radius 1 is 1.18 bits per heavy atom. The fourth-order valence-electron chi connectivity index (χ4n) is 1.93. The summed E-state index contributed by atoms with van der Waals surface area (Å²) in [4.78, 5) is 27.7. The molecular weight excluding hydrogens is 302 g/mol. The highest BCUT2D eigenvalue weighted by Gasteiger charge is 2.13. The van der Waals surface area contributed by atoms with Gasteiger partial charge in [0, 0.05) is 12.4 Å². The normalized spacial score (nSPS) is 11.5. The summed E-state index contributed by atoms with van der Waals surface area (Å²) in [6, 6.07) is 10.2. The van der Waals surface area contributed by atoms with E-state index in [0.29, 0.717) is 10.6 Å². The first kappa shape index (κ1) is 16.0. The smallest absolute Gasteiger partial charge is 0.253 e. The number of halogens is 1. The Hall–Kier alpha value is -2.40. The van der Waals surface area contributed by atoms with Crippen LogP contribution in [0.5, 0.6) is 0 Å². The minimum Gasteiger partial charge on any atom is -0.348 e. The van der Waals surface area contributed by atoms with Gasteiger partial charge >= 0.3 is 0 Å². The Balaban J connectivity index is 1.85. The van der Waals surface area contributed by atoms with E-state index in [2.05, 4.69) is 15.6 Å². The lowest BCUT2D eigenvalue weighted by atomic mass is 10.1. The molecule has 0 aliphatic heterocycles. The van der Waals surface area contributed by atoms with Crippen molar-refractivity contribution < 1.29 is 9.59 Å². The number of nitrogens with zero attached hydrogens (tertiary/aromatic N) is 1. The van der Waals surface area contributed by atoms with Gasteiger partial charge in [-0.3, -0.25) is 14.6 Å². The van der Waals surface area contributed by atoms with Crippen LogP contribution < -0.4 is 10.6 Å². The van der Waals surface area contributed by atoms with Crippen LogP contribution in [0.15, 0.2) is 48.8 Å². The summed E-state index contributed by atoms with van der Waals surface area (Å²) >= 11 is 5.93. The fraction of sp³-hybridized carbons (Fsp3) is 0.188. The quantitative estimate of drug-likeness (QED) is 0.889. The summed E-state index contributed by atoms with van der Waals surface area (Å²) in [5.41, 5.74) is 1.29. The SMILES string of the molecule is CC(NC(=O)CNC(=O)c1ccccc1Cl)c1ccncc1. The van der Waals surface area contributed by atoms with E-state index < -0.39 is 0 Å². The highest BCUT2D eigenvalue weighted by Crippen LogP contribution is 2.14. The van der Waals surface area contributed by atoms with Gasteiger partial charge in [-0.05, 0) is 36.8 Å². The second-order valence-corrected chi connectivity index (χ2v) is 5.14. The summed E-state index contributed by atoms with van der Waals surface area (Å²) in [7, 11) is 0. The average Bonchev–Trinajstić information content (AvgIpc) is 2.54. The highest BCUT2D eigenvalue weighted by molar-refractivity contribution is 6.33. The van der Waals surface area contributed by atoms with E-state index in [1.54, 1.807) is 36.7 Å². The van der Waals surface area contributed by atoms with Crippen molar-refractivity contribution >= 4 is 23.4 Å². The molecule has 2 aromatic rings. The van der Waals surface area contributed by atoms with Crippen molar-refractivity contribution in [3.05, 3.63) is 64.9 Å². The molecule has 2 rings (SSSR count). The van der Waals surface area contributed by atoms with Crippen molar-refractivity contribution in [3.63, 3.8) is 0 Å². The van der Waals surface area contributed by atoms with Crippen molar-refractivity contribution in [1.82, 2.24) is 15.6 Å². The summed E-state index contributed by atoms with van der Waals surface area (Å²) < 4.78 is 0. The molecule has 1 aromatic carbocycles. The molecule has 1 heterocycles. The van der Waals surface area contributed by atoms with Crippen LogP contribution in [0.3, 0.4) is 0 Å². The number of amides is 2. The van der Waals surface area contributed by atoms with Gasteiger partial charge in [-0.1, -0.05) is 23.7 Å². The molecule has 1 unspecified atom stereocenters. The Bertz CT molecular complexity index is 661. The average molecular weight is 318 g/mol. The van der Waals surface area contributed by atoms with E-state index in [1.807, 2.05) is 19.1 Å². The van der Waals surface area contributed by atoms with Gasteiger partial charge in [0.25, 0.3) is 5.91 Å². The van der Waals surface area contributed by atoms with Gasteiger partial charge in [-0.2, -0.15) is 0 Å². The number of hydrogen-bond donors (Lipinski definition) is 2. The fourth-order valence-corrected chi connectivity index (χ4v) is 2.15. The zero-order chi connectivity index (χ0) is 15.9. The van der Waals surface area contributed by atoms with Gasteiger partial charge < -0.3 is 10.6 Å². The van der Waals surface area contributed by atoms with E-state index >= 15 is 0 Å². The molecule has 0 fully saturated rings. The van der Waals surface area contributed by atoms with Gasteiger partial charge in [0.2, 0.25) is 5.91 Å². The third-order valence-electron chi connectivity index (χ3n) is 3.11. The first-order chi connectivity index (χ1) is 10.6. The molecule has 114 valence electrons. The Kier molecular flexibility index (Phi) is 5.49. The number of aromatic nitrogens is 1. The van der Waals surface area contributed by atoms with Crippen molar-refractivity contribution in [2.24, 2.45) is 0 Å². The van der Waals surface area contributed by atoms with Crippen LogP contribution in [0.25, 0.3) is 0 Å². The van der Waals surface area contributed by atoms with Gasteiger partial charge in [0.1, 0.15) is 0 Å². The number of rotatable bonds is 5. The second-order valence-electron chi connectivity index (χ2n) is 4.73. The second kappa shape index (κ2) is 7.56. The van der Waals surface area contributed by atoms with Crippen LogP contribution in [0.2, 0.25) is 5.02 Å². The molecule has 2 N–H and O–H groups in total. The first-order valence-electron chi connectivity index (χ1n) is 6.80. The largest absolute Gasteiger partial charge is 0.348 e. The summed E-state index contributed by atoms with van der Waals surface area (Å²) in [6.07, 6.45) is 3.33. The molecule has 0 saturated carbocycles. The summed E-state index contributed by atoms with van der Waals surface area (Å²) in [5.74, 6) is -0.651. The number of pyridine rings is 1. The Morgan fingerprint density at radius 3 is 2.55 bits per heavy atom. The minimum absolute atomic E-state index is 0.112. The molecular formula is C16H16ClN3O2. The lowest BCUT2D eigenvalue weighted by molar-refractivity contribution is -0.120. The third-order valence-corrected chi connectivity index (χ3v) is 3.44. The zero-order valence-corrected chi connectivity index (χ0v) is 12.8. The maximum absolute atomic E-state index is 11.9. The van der Waals surface area contributed by atoms with Gasteiger partial charge in [0.05, 0.1) is 23.2 Å². The van der Waals surface area contributed by atoms with Crippen LogP contribution >= 0.6 is 11.6 Å². The predicted octanol–water partition coefficient (Wildman–Crippen LogP) is 2.34. The predicted molar refractivity (Wildman–Crippen MR) is 84.6 cm³/mol. The molecule has 6 heteroatoms. The standard InChI is InChI=1S/C16H16ClN3O2/c1-11(12-6-8-18-9-7-12)20-15(21)10-19-16(22)13-4-2-3-5-14(13)17/h2-9,11H,10H2,1H3,(H,19,22)(H,20,21). The molecule has 1 atom stereocenters. The van der Waals surface area contributed by atoms with Crippen LogP contribution in [0.4, 0.5) is 0 Å². The molecule has 0 spiro atoms. The van der Waals surface area contributed by atoms with E-state index in [1.165, 1.54) is 0 Å². The monoisotopic (exact) mass is 317 g/mol. The Morgan fingerprint density at radius 2 is 1.86 bits per heavy atom. The number of nitrogens with one attached hydrogen (secondary N) is 2. The topological polar surface area (TPSA) is 71.1 Å². The molecule has 22 heavy (non-hydrogen) atoms. The summed E-state index contributed by atoms with van der Waals surface area (Å²) in [5, 5.41) is 5.70. The number of carbonyl (C=O) groups is 2. The zero-order valence-electron chi connectivity index (χ0n) is 12.0. The molecule has 2 amide bonds. The van der Waals surface area contributed by atoms with Crippen molar-refractivity contribution in [1.29, 1.82) is 0 Å². The maximum atomic E-state index is 11.9. The molecule has 0 saturated heterocycles. The van der Waals surface area contributed by atoms with Crippen LogP contribution in [0.1, 0.15) is 28.9 Å². The summed E-state index contributed by atoms with van der Waals surface area (Å²) in [6.45, 7) is 1.75.